The molecule has 5 nitrogen and oxygen atoms in total. The largest absolute Gasteiger partial charge is 0.497 e. The van der Waals surface area contributed by atoms with Gasteiger partial charge in [-0.3, -0.25) is 4.79 Å². The van der Waals surface area contributed by atoms with Gasteiger partial charge in [0.1, 0.15) is 5.75 Å². The number of halogens is 3. The van der Waals surface area contributed by atoms with Gasteiger partial charge in [0.25, 0.3) is 5.91 Å². The Morgan fingerprint density at radius 2 is 1.76 bits per heavy atom. The van der Waals surface area contributed by atoms with Crippen LogP contribution in [-0.2, 0) is 23.9 Å². The molecule has 0 spiro atoms. The summed E-state index contributed by atoms with van der Waals surface area (Å²) in [5.41, 5.74) is 1.24. The molecule has 0 aliphatic carbocycles. The highest BCUT2D eigenvalue weighted by molar-refractivity contribution is 6.25. The van der Waals surface area contributed by atoms with Gasteiger partial charge in [-0.05, 0) is 42.3 Å². The van der Waals surface area contributed by atoms with Gasteiger partial charge in [-0.25, -0.2) is 4.99 Å². The third kappa shape index (κ3) is 3.61. The molecule has 172 valence electrons. The number of nitrogens with zero attached hydrogens (tertiary/aromatic N) is 2. The smallest absolute Gasteiger partial charge is 0.416 e. The zero-order chi connectivity index (χ0) is 24.0. The first-order valence-corrected chi connectivity index (χ1v) is 10.6. The highest BCUT2D eigenvalue weighted by Gasteiger charge is 2.32. The number of methoxy groups -OCH3 is 1. The van der Waals surface area contributed by atoms with E-state index in [2.05, 4.69) is 4.99 Å². The van der Waals surface area contributed by atoms with Gasteiger partial charge in [0, 0.05) is 17.1 Å². The number of alkyl halides is 3. The van der Waals surface area contributed by atoms with Crippen molar-refractivity contribution in [1.82, 2.24) is 4.57 Å². The molecule has 0 atom stereocenters. The van der Waals surface area contributed by atoms with Gasteiger partial charge in [-0.1, -0.05) is 36.4 Å². The fourth-order valence-corrected chi connectivity index (χ4v) is 4.33. The molecule has 4 aromatic rings. The van der Waals surface area contributed by atoms with Crippen molar-refractivity contribution in [1.29, 1.82) is 0 Å². The van der Waals surface area contributed by atoms with E-state index in [1.807, 2.05) is 36.4 Å². The standard InChI is InChI=1S/C26H19F3N2O3/c1-34-17-9-6-15(7-10-17)12-13-31-21-5-3-2-4-19(21)23(25(31)33)22-18-11-8-16(26(27,28)29)14-20(18)30-24(22)32/h2-11,14,33H,12-13H2,1H3. The average Bonchev–Trinajstić information content (AvgIpc) is 3.29. The molecule has 0 bridgehead atoms. The number of hydrogen-bond donors (Lipinski definition) is 1. The van der Waals surface area contributed by atoms with E-state index in [0.717, 1.165) is 23.4 Å². The Kier molecular flexibility index (Phi) is 5.16. The third-order valence-corrected chi connectivity index (χ3v) is 6.01. The summed E-state index contributed by atoms with van der Waals surface area (Å²) in [4.78, 5) is 16.7. The van der Waals surface area contributed by atoms with Gasteiger partial charge >= 0.3 is 6.18 Å². The molecule has 8 heteroatoms. The van der Waals surface area contributed by atoms with Gasteiger partial charge in [-0.2, -0.15) is 13.2 Å². The summed E-state index contributed by atoms with van der Waals surface area (Å²) in [6.45, 7) is 0.428. The Bertz CT molecular complexity index is 1550. The number of aromatic hydroxyl groups is 1. The van der Waals surface area contributed by atoms with Crippen molar-refractivity contribution in [3.63, 3.8) is 0 Å². The summed E-state index contributed by atoms with van der Waals surface area (Å²) < 4.78 is 46.3. The summed E-state index contributed by atoms with van der Waals surface area (Å²) in [5.74, 6) is -0.0590. The summed E-state index contributed by atoms with van der Waals surface area (Å²) in [5, 5.41) is 12.1. The van der Waals surface area contributed by atoms with Crippen LogP contribution in [0.4, 0.5) is 13.2 Å². The number of amides is 1. The minimum absolute atomic E-state index is 0.0516. The van der Waals surface area contributed by atoms with E-state index in [4.69, 9.17) is 4.74 Å². The lowest BCUT2D eigenvalue weighted by atomic mass is 10.0. The number of para-hydroxylation sites is 1. The number of benzene rings is 3. The minimum atomic E-state index is -4.55. The SMILES string of the molecule is COc1ccc(CCn2c(O)c(C3=c4ccc(C(F)(F)F)cc4=NC3=O)c3ccccc32)cc1. The quantitative estimate of drug-likeness (QED) is 0.486. The molecule has 1 N–H and O–H groups in total. The second-order valence-electron chi connectivity index (χ2n) is 7.99. The molecule has 3 aromatic carbocycles. The predicted octanol–water partition coefficient (Wildman–Crippen LogP) is 3.98. The number of aryl methyl sites for hydroxylation is 2. The normalized spacial score (nSPS) is 13.3. The maximum absolute atomic E-state index is 13.1. The second-order valence-corrected chi connectivity index (χ2v) is 7.99. The van der Waals surface area contributed by atoms with Crippen LogP contribution in [0.5, 0.6) is 11.6 Å². The highest BCUT2D eigenvalue weighted by Crippen LogP contribution is 2.37. The van der Waals surface area contributed by atoms with Gasteiger partial charge in [0.15, 0.2) is 5.88 Å². The summed E-state index contributed by atoms with van der Waals surface area (Å²) >= 11 is 0. The lowest BCUT2D eigenvalue weighted by molar-refractivity contribution is -0.137. The number of aromatic nitrogens is 1. The van der Waals surface area contributed by atoms with Crippen LogP contribution in [0.2, 0.25) is 0 Å². The molecule has 34 heavy (non-hydrogen) atoms. The minimum Gasteiger partial charge on any atom is -0.497 e. The molecule has 0 unspecified atom stereocenters. The van der Waals surface area contributed by atoms with E-state index < -0.39 is 17.6 Å². The Hall–Kier alpha value is -4.07. The number of ether oxygens (including phenoxy) is 1. The lowest BCUT2D eigenvalue weighted by Gasteiger charge is -2.08. The number of fused-ring (bicyclic) bond motifs is 2. The Morgan fingerprint density at radius 1 is 1.03 bits per heavy atom. The van der Waals surface area contributed by atoms with Crippen molar-refractivity contribution < 1.29 is 27.8 Å². The molecular weight excluding hydrogens is 445 g/mol. The molecule has 1 aromatic heterocycles. The number of rotatable bonds is 5. The fourth-order valence-electron chi connectivity index (χ4n) is 4.33. The van der Waals surface area contributed by atoms with Crippen LogP contribution in [0.15, 0.2) is 71.7 Å². The number of carbonyl (C=O) groups is 1. The molecule has 0 saturated heterocycles. The maximum Gasteiger partial charge on any atom is 0.416 e. The third-order valence-electron chi connectivity index (χ3n) is 6.01. The van der Waals surface area contributed by atoms with Gasteiger partial charge in [0.2, 0.25) is 0 Å². The average molecular weight is 464 g/mol. The molecular formula is C26H19F3N2O3. The molecule has 5 rings (SSSR count). The zero-order valence-electron chi connectivity index (χ0n) is 18.1. The lowest BCUT2D eigenvalue weighted by Crippen LogP contribution is -2.25. The Morgan fingerprint density at radius 3 is 2.47 bits per heavy atom. The first-order valence-electron chi connectivity index (χ1n) is 10.6. The summed E-state index contributed by atoms with van der Waals surface area (Å²) in [7, 11) is 1.59. The molecule has 0 radical (unpaired) electrons. The van der Waals surface area contributed by atoms with Crippen LogP contribution in [0.25, 0.3) is 16.5 Å². The number of hydrogen-bond acceptors (Lipinski definition) is 3. The highest BCUT2D eigenvalue weighted by atomic mass is 19.4. The monoisotopic (exact) mass is 464 g/mol. The van der Waals surface area contributed by atoms with E-state index >= 15 is 0 Å². The van der Waals surface area contributed by atoms with E-state index in [-0.39, 0.29) is 27.6 Å². The topological polar surface area (TPSA) is 63.8 Å². The van der Waals surface area contributed by atoms with Crippen LogP contribution in [0, 0.1) is 0 Å². The maximum atomic E-state index is 13.1. The van der Waals surface area contributed by atoms with Crippen LogP contribution >= 0.6 is 0 Å². The van der Waals surface area contributed by atoms with Crippen molar-refractivity contribution >= 4 is 22.4 Å². The zero-order valence-corrected chi connectivity index (χ0v) is 18.1. The molecule has 0 fully saturated rings. The molecule has 1 amide bonds. The molecule has 2 heterocycles. The summed E-state index contributed by atoms with van der Waals surface area (Å²) in [6, 6.07) is 17.8. The van der Waals surface area contributed by atoms with E-state index in [0.29, 0.717) is 23.9 Å². The van der Waals surface area contributed by atoms with Crippen molar-refractivity contribution in [2.75, 3.05) is 7.11 Å². The summed E-state index contributed by atoms with van der Waals surface area (Å²) in [6.07, 6.45) is -3.94. The van der Waals surface area contributed by atoms with Crippen molar-refractivity contribution in [2.24, 2.45) is 4.99 Å². The number of carbonyl (C=O) groups excluding carboxylic acids is 1. The van der Waals surface area contributed by atoms with Gasteiger partial charge < -0.3 is 14.4 Å². The first-order chi connectivity index (χ1) is 16.3. The fraction of sp³-hybridized carbons (Fsp3) is 0.154. The first kappa shape index (κ1) is 21.8. The van der Waals surface area contributed by atoms with Crippen molar-refractivity contribution in [3.05, 3.63) is 94.0 Å². The van der Waals surface area contributed by atoms with Crippen LogP contribution < -0.4 is 15.3 Å². The Labute approximate surface area is 192 Å². The molecule has 1 aliphatic rings. The van der Waals surface area contributed by atoms with Crippen molar-refractivity contribution in [3.8, 4) is 11.6 Å². The van der Waals surface area contributed by atoms with Gasteiger partial charge in [0.05, 0.1) is 34.7 Å². The Balaban J connectivity index is 1.63. The van der Waals surface area contributed by atoms with Crippen LogP contribution in [0.1, 0.15) is 16.7 Å². The van der Waals surface area contributed by atoms with Crippen LogP contribution in [0.3, 0.4) is 0 Å². The van der Waals surface area contributed by atoms with Crippen molar-refractivity contribution in [2.45, 2.75) is 19.1 Å². The predicted molar refractivity (Wildman–Crippen MR) is 120 cm³/mol. The van der Waals surface area contributed by atoms with Crippen LogP contribution in [-0.4, -0.2) is 22.7 Å². The van der Waals surface area contributed by atoms with E-state index in [1.54, 1.807) is 23.8 Å². The van der Waals surface area contributed by atoms with Gasteiger partial charge in [-0.15, -0.1) is 0 Å². The van der Waals surface area contributed by atoms with E-state index in [1.165, 1.54) is 6.07 Å². The second kappa shape index (κ2) is 8.06. The molecule has 1 aliphatic heterocycles. The van der Waals surface area contributed by atoms with E-state index in [9.17, 15) is 23.1 Å². The molecule has 0 saturated carbocycles.